The minimum atomic E-state index is -2.95. The number of fused-ring (bicyclic) bond motifs is 1. The van der Waals surface area contributed by atoms with Crippen LogP contribution in [0.25, 0.3) is 10.9 Å². The molecule has 2 N–H and O–H groups in total. The maximum Gasteiger partial charge on any atom is 0.387 e. The van der Waals surface area contributed by atoms with E-state index in [0.717, 1.165) is 16.5 Å². The molecule has 0 atom stereocenters. The molecule has 2 aromatic carbocycles. The minimum absolute atomic E-state index is 0.0656. The standard InChI is InChI=1S/C21H20F2N2O5/c1-28-18-10-13(6-7-17(18)30-21(22)23)8-9-24-19(26)12-29-20(27)16-11-14-4-2-3-5-15(14)25-16/h2-7,10-11,21,25H,8-9,12H2,1H3,(H,24,26). The fourth-order valence-corrected chi connectivity index (χ4v) is 2.85. The third-order valence-electron chi connectivity index (χ3n) is 4.26. The van der Waals surface area contributed by atoms with E-state index in [1.807, 2.05) is 24.3 Å². The van der Waals surface area contributed by atoms with Crippen molar-refractivity contribution in [1.29, 1.82) is 0 Å². The number of methoxy groups -OCH3 is 1. The molecule has 1 amide bonds. The summed E-state index contributed by atoms with van der Waals surface area (Å²) in [6.07, 6.45) is 0.424. The lowest BCUT2D eigenvalue weighted by atomic mass is 10.1. The number of amides is 1. The third kappa shape index (κ3) is 5.47. The average Bonchev–Trinajstić information content (AvgIpc) is 3.17. The van der Waals surface area contributed by atoms with Gasteiger partial charge in [-0.05, 0) is 36.2 Å². The monoisotopic (exact) mass is 418 g/mol. The Hall–Kier alpha value is -3.62. The van der Waals surface area contributed by atoms with E-state index in [1.165, 1.54) is 13.2 Å². The number of aromatic amines is 1. The highest BCUT2D eigenvalue weighted by molar-refractivity contribution is 5.95. The SMILES string of the molecule is COc1cc(CCNC(=O)COC(=O)c2cc3ccccc3[nH]2)ccc1OC(F)F. The molecule has 9 heteroatoms. The summed E-state index contributed by atoms with van der Waals surface area (Å²) >= 11 is 0. The number of halogens is 2. The highest BCUT2D eigenvalue weighted by Gasteiger charge is 2.14. The Labute approximate surface area is 170 Å². The van der Waals surface area contributed by atoms with Gasteiger partial charge in [0.1, 0.15) is 5.69 Å². The molecule has 0 radical (unpaired) electrons. The van der Waals surface area contributed by atoms with Gasteiger partial charge in [0.15, 0.2) is 18.1 Å². The van der Waals surface area contributed by atoms with E-state index in [2.05, 4.69) is 15.0 Å². The van der Waals surface area contributed by atoms with Crippen LogP contribution in [0.5, 0.6) is 11.5 Å². The Balaban J connectivity index is 1.45. The highest BCUT2D eigenvalue weighted by Crippen LogP contribution is 2.29. The number of hydrogen-bond donors (Lipinski definition) is 2. The number of carbonyl (C=O) groups is 2. The first-order valence-electron chi connectivity index (χ1n) is 9.09. The van der Waals surface area contributed by atoms with Crippen LogP contribution in [0.2, 0.25) is 0 Å². The van der Waals surface area contributed by atoms with Gasteiger partial charge < -0.3 is 24.5 Å². The summed E-state index contributed by atoms with van der Waals surface area (Å²) in [6, 6.07) is 13.6. The van der Waals surface area contributed by atoms with Crippen LogP contribution in [0.4, 0.5) is 8.78 Å². The molecule has 0 aliphatic heterocycles. The Morgan fingerprint density at radius 1 is 1.10 bits per heavy atom. The molecule has 0 aliphatic rings. The van der Waals surface area contributed by atoms with Crippen molar-refractivity contribution >= 4 is 22.8 Å². The number of esters is 1. The second-order valence-corrected chi connectivity index (χ2v) is 6.31. The molecule has 3 aromatic rings. The predicted molar refractivity (Wildman–Crippen MR) is 105 cm³/mol. The highest BCUT2D eigenvalue weighted by atomic mass is 19.3. The van der Waals surface area contributed by atoms with Gasteiger partial charge in [0.2, 0.25) is 0 Å². The van der Waals surface area contributed by atoms with Gasteiger partial charge in [-0.15, -0.1) is 0 Å². The molecular formula is C21H20F2N2O5. The number of benzene rings is 2. The third-order valence-corrected chi connectivity index (χ3v) is 4.26. The van der Waals surface area contributed by atoms with Crippen molar-refractivity contribution in [3.05, 3.63) is 59.8 Å². The van der Waals surface area contributed by atoms with Gasteiger partial charge in [0, 0.05) is 17.4 Å². The van der Waals surface area contributed by atoms with Crippen molar-refractivity contribution in [3.8, 4) is 11.5 Å². The Morgan fingerprint density at radius 3 is 2.63 bits per heavy atom. The number of alkyl halides is 2. The van der Waals surface area contributed by atoms with Crippen LogP contribution in [0.3, 0.4) is 0 Å². The van der Waals surface area contributed by atoms with Crippen molar-refractivity contribution in [1.82, 2.24) is 10.3 Å². The first-order chi connectivity index (χ1) is 14.5. The van der Waals surface area contributed by atoms with Gasteiger partial charge in [-0.1, -0.05) is 24.3 Å². The molecule has 0 spiro atoms. The molecular weight excluding hydrogens is 398 g/mol. The molecule has 0 aliphatic carbocycles. The molecule has 1 heterocycles. The van der Waals surface area contributed by atoms with Crippen LogP contribution < -0.4 is 14.8 Å². The van der Waals surface area contributed by atoms with Crippen molar-refractivity contribution in [2.45, 2.75) is 13.0 Å². The van der Waals surface area contributed by atoms with Gasteiger partial charge in [-0.2, -0.15) is 8.78 Å². The molecule has 0 fully saturated rings. The van der Waals surface area contributed by atoms with Crippen molar-refractivity contribution in [3.63, 3.8) is 0 Å². The second kappa shape index (κ2) is 9.73. The fourth-order valence-electron chi connectivity index (χ4n) is 2.85. The lowest BCUT2D eigenvalue weighted by Gasteiger charge is -2.11. The number of nitrogens with one attached hydrogen (secondary N) is 2. The topological polar surface area (TPSA) is 89.6 Å². The van der Waals surface area contributed by atoms with Gasteiger partial charge in [0.25, 0.3) is 5.91 Å². The molecule has 0 saturated heterocycles. The lowest BCUT2D eigenvalue weighted by Crippen LogP contribution is -2.30. The number of para-hydroxylation sites is 1. The predicted octanol–water partition coefficient (Wildman–Crippen LogP) is 3.29. The molecule has 158 valence electrons. The molecule has 0 unspecified atom stereocenters. The summed E-state index contributed by atoms with van der Waals surface area (Å²) in [6.45, 7) is -3.10. The van der Waals surface area contributed by atoms with Crippen molar-refractivity contribution in [2.24, 2.45) is 0 Å². The van der Waals surface area contributed by atoms with Crippen molar-refractivity contribution < 1.29 is 32.6 Å². The van der Waals surface area contributed by atoms with E-state index >= 15 is 0 Å². The lowest BCUT2D eigenvalue weighted by molar-refractivity contribution is -0.124. The average molecular weight is 418 g/mol. The quantitative estimate of drug-likeness (QED) is 0.521. The second-order valence-electron chi connectivity index (χ2n) is 6.31. The smallest absolute Gasteiger partial charge is 0.387 e. The van der Waals surface area contributed by atoms with Crippen LogP contribution >= 0.6 is 0 Å². The van der Waals surface area contributed by atoms with Crippen LogP contribution in [0.1, 0.15) is 16.1 Å². The normalized spacial score (nSPS) is 10.8. The van der Waals surface area contributed by atoms with Crippen LogP contribution in [0, 0.1) is 0 Å². The first kappa shape index (κ1) is 21.1. The fraction of sp³-hybridized carbons (Fsp3) is 0.238. The van der Waals surface area contributed by atoms with E-state index in [4.69, 9.17) is 9.47 Å². The number of ether oxygens (including phenoxy) is 3. The van der Waals surface area contributed by atoms with E-state index in [0.29, 0.717) is 6.42 Å². The van der Waals surface area contributed by atoms with E-state index in [-0.39, 0.29) is 23.7 Å². The molecule has 3 rings (SSSR count). The van der Waals surface area contributed by atoms with Gasteiger partial charge in [0.05, 0.1) is 7.11 Å². The molecule has 0 saturated carbocycles. The zero-order chi connectivity index (χ0) is 21.5. The number of aromatic nitrogens is 1. The van der Waals surface area contributed by atoms with Crippen LogP contribution in [0.15, 0.2) is 48.5 Å². The summed E-state index contributed by atoms with van der Waals surface area (Å²) in [5.41, 5.74) is 1.82. The zero-order valence-corrected chi connectivity index (χ0v) is 16.1. The van der Waals surface area contributed by atoms with Gasteiger partial charge >= 0.3 is 12.6 Å². The van der Waals surface area contributed by atoms with Gasteiger partial charge in [-0.3, -0.25) is 4.79 Å². The zero-order valence-electron chi connectivity index (χ0n) is 16.1. The van der Waals surface area contributed by atoms with E-state index < -0.39 is 25.1 Å². The van der Waals surface area contributed by atoms with Crippen LogP contribution in [-0.4, -0.2) is 43.7 Å². The molecule has 1 aromatic heterocycles. The summed E-state index contributed by atoms with van der Waals surface area (Å²) in [4.78, 5) is 26.9. The summed E-state index contributed by atoms with van der Waals surface area (Å²) in [5.74, 6) is -0.972. The maximum atomic E-state index is 12.4. The molecule has 7 nitrogen and oxygen atoms in total. The molecule has 0 bridgehead atoms. The van der Waals surface area contributed by atoms with Crippen molar-refractivity contribution in [2.75, 3.05) is 20.3 Å². The number of carbonyl (C=O) groups excluding carboxylic acids is 2. The summed E-state index contributed by atoms with van der Waals surface area (Å²) < 4.78 is 39.1. The summed E-state index contributed by atoms with van der Waals surface area (Å²) in [5, 5.41) is 3.50. The number of hydrogen-bond acceptors (Lipinski definition) is 5. The van der Waals surface area contributed by atoms with Crippen LogP contribution in [-0.2, 0) is 16.0 Å². The minimum Gasteiger partial charge on any atom is -0.493 e. The first-order valence-corrected chi connectivity index (χ1v) is 9.09. The number of H-pyrrole nitrogens is 1. The molecule has 30 heavy (non-hydrogen) atoms. The maximum absolute atomic E-state index is 12.4. The Kier molecular flexibility index (Phi) is 6.84. The number of rotatable bonds is 9. The van der Waals surface area contributed by atoms with E-state index in [1.54, 1.807) is 18.2 Å². The van der Waals surface area contributed by atoms with Gasteiger partial charge in [-0.25, -0.2) is 4.79 Å². The largest absolute Gasteiger partial charge is 0.493 e. The summed E-state index contributed by atoms with van der Waals surface area (Å²) in [7, 11) is 1.35. The van der Waals surface area contributed by atoms with E-state index in [9.17, 15) is 18.4 Å². The Morgan fingerprint density at radius 2 is 1.90 bits per heavy atom. The Bertz CT molecular complexity index is 1000.